The highest BCUT2D eigenvalue weighted by Gasteiger charge is 2.33. The molecule has 0 saturated carbocycles. The third-order valence-corrected chi connectivity index (χ3v) is 4.74. The van der Waals surface area contributed by atoms with Gasteiger partial charge in [0.15, 0.2) is 0 Å². The maximum atomic E-state index is 12.3. The van der Waals surface area contributed by atoms with Crippen LogP contribution in [0.3, 0.4) is 0 Å². The fourth-order valence-corrected chi connectivity index (χ4v) is 3.05. The van der Waals surface area contributed by atoms with Gasteiger partial charge >= 0.3 is 0 Å². The Balaban J connectivity index is 1.70. The summed E-state index contributed by atoms with van der Waals surface area (Å²) >= 11 is 0. The minimum Gasteiger partial charge on any atom is -0.361 e. The number of anilines is 1. The van der Waals surface area contributed by atoms with Crippen molar-refractivity contribution in [3.8, 4) is 0 Å². The van der Waals surface area contributed by atoms with Crippen molar-refractivity contribution in [1.82, 2.24) is 10.5 Å². The van der Waals surface area contributed by atoms with Crippen molar-refractivity contribution in [2.75, 3.05) is 5.32 Å². The van der Waals surface area contributed by atoms with Crippen molar-refractivity contribution in [3.63, 3.8) is 0 Å². The molecular formula is C18H21N3O3. The zero-order valence-corrected chi connectivity index (χ0v) is 14.3. The van der Waals surface area contributed by atoms with Gasteiger partial charge in [-0.25, -0.2) is 0 Å². The van der Waals surface area contributed by atoms with Crippen LogP contribution >= 0.6 is 0 Å². The number of nitrogens with zero attached hydrogens (tertiary/aromatic N) is 1. The van der Waals surface area contributed by atoms with Crippen LogP contribution in [0.2, 0.25) is 0 Å². The van der Waals surface area contributed by atoms with E-state index >= 15 is 0 Å². The van der Waals surface area contributed by atoms with E-state index in [2.05, 4.69) is 15.8 Å². The number of hydrogen-bond acceptors (Lipinski definition) is 4. The van der Waals surface area contributed by atoms with Crippen LogP contribution in [0, 0.1) is 27.7 Å². The highest BCUT2D eigenvalue weighted by Crippen LogP contribution is 2.38. The SMILES string of the molecule is Cc1ccc2c(c1C)NC(=O)C2CC(=O)NCc1c(C)noc1C. The van der Waals surface area contributed by atoms with Gasteiger partial charge in [0.25, 0.3) is 0 Å². The van der Waals surface area contributed by atoms with Gasteiger partial charge in [0.2, 0.25) is 11.8 Å². The predicted octanol–water partition coefficient (Wildman–Crippen LogP) is 2.65. The maximum absolute atomic E-state index is 12.3. The Morgan fingerprint density at radius 2 is 2.04 bits per heavy atom. The van der Waals surface area contributed by atoms with E-state index in [-0.39, 0.29) is 18.2 Å². The lowest BCUT2D eigenvalue weighted by Gasteiger charge is -2.11. The zero-order valence-electron chi connectivity index (χ0n) is 14.3. The standard InChI is InChI=1S/C18H21N3O3/c1-9-5-6-13-14(18(23)20-17(13)10(9)2)7-16(22)19-8-15-11(3)21-24-12(15)4/h5-6,14H,7-8H2,1-4H3,(H,19,22)(H,20,23). The Bertz CT molecular complexity index is 804. The average molecular weight is 327 g/mol. The summed E-state index contributed by atoms with van der Waals surface area (Å²) in [5, 5.41) is 9.62. The first-order chi connectivity index (χ1) is 11.4. The molecule has 1 aromatic heterocycles. The quantitative estimate of drug-likeness (QED) is 0.904. The number of rotatable bonds is 4. The second kappa shape index (κ2) is 6.11. The molecule has 24 heavy (non-hydrogen) atoms. The number of hydrogen-bond donors (Lipinski definition) is 2. The first-order valence-corrected chi connectivity index (χ1v) is 7.98. The lowest BCUT2D eigenvalue weighted by molar-refractivity contribution is -0.125. The van der Waals surface area contributed by atoms with E-state index < -0.39 is 5.92 Å². The van der Waals surface area contributed by atoms with E-state index in [0.717, 1.165) is 33.6 Å². The molecule has 1 aliphatic rings. The van der Waals surface area contributed by atoms with E-state index in [1.54, 1.807) is 0 Å². The van der Waals surface area contributed by atoms with Crippen molar-refractivity contribution < 1.29 is 14.1 Å². The number of benzene rings is 1. The van der Waals surface area contributed by atoms with Gasteiger partial charge in [-0.2, -0.15) is 0 Å². The molecular weight excluding hydrogens is 306 g/mol. The Kier molecular flexibility index (Phi) is 4.13. The van der Waals surface area contributed by atoms with E-state index in [0.29, 0.717) is 12.3 Å². The summed E-state index contributed by atoms with van der Waals surface area (Å²) in [5.74, 6) is -0.0285. The lowest BCUT2D eigenvalue weighted by atomic mass is 9.94. The minimum atomic E-state index is -0.441. The number of aryl methyl sites for hydroxylation is 3. The highest BCUT2D eigenvalue weighted by molar-refractivity contribution is 6.05. The Morgan fingerprint density at radius 1 is 1.29 bits per heavy atom. The number of nitrogens with one attached hydrogen (secondary N) is 2. The van der Waals surface area contributed by atoms with Gasteiger partial charge in [0.05, 0.1) is 11.6 Å². The van der Waals surface area contributed by atoms with Crippen molar-refractivity contribution >= 4 is 17.5 Å². The third-order valence-electron chi connectivity index (χ3n) is 4.74. The average Bonchev–Trinajstić information content (AvgIpc) is 3.02. The van der Waals surface area contributed by atoms with Crippen LogP contribution in [-0.4, -0.2) is 17.0 Å². The number of amides is 2. The van der Waals surface area contributed by atoms with E-state index in [1.165, 1.54) is 0 Å². The molecule has 6 heteroatoms. The fraction of sp³-hybridized carbons (Fsp3) is 0.389. The van der Waals surface area contributed by atoms with Crippen molar-refractivity contribution in [1.29, 1.82) is 0 Å². The van der Waals surface area contributed by atoms with Crippen molar-refractivity contribution in [3.05, 3.63) is 45.8 Å². The van der Waals surface area contributed by atoms with Crippen molar-refractivity contribution in [2.45, 2.75) is 46.6 Å². The largest absolute Gasteiger partial charge is 0.361 e. The predicted molar refractivity (Wildman–Crippen MR) is 89.7 cm³/mol. The van der Waals surface area contributed by atoms with Crippen LogP contribution in [0.5, 0.6) is 0 Å². The first-order valence-electron chi connectivity index (χ1n) is 7.98. The molecule has 1 aromatic carbocycles. The van der Waals surface area contributed by atoms with Crippen LogP contribution in [0.4, 0.5) is 5.69 Å². The Morgan fingerprint density at radius 3 is 2.71 bits per heavy atom. The fourth-order valence-electron chi connectivity index (χ4n) is 3.05. The van der Waals surface area contributed by atoms with Crippen LogP contribution in [0.1, 0.15) is 46.0 Å². The molecule has 0 bridgehead atoms. The molecule has 2 heterocycles. The first kappa shape index (κ1) is 16.2. The summed E-state index contributed by atoms with van der Waals surface area (Å²) in [4.78, 5) is 24.5. The molecule has 2 N–H and O–H groups in total. The summed E-state index contributed by atoms with van der Waals surface area (Å²) in [6.45, 7) is 7.99. The van der Waals surface area contributed by atoms with Gasteiger partial charge < -0.3 is 15.2 Å². The van der Waals surface area contributed by atoms with Gasteiger partial charge in [0.1, 0.15) is 5.76 Å². The Hall–Kier alpha value is -2.63. The molecule has 0 fully saturated rings. The van der Waals surface area contributed by atoms with Gasteiger partial charge in [0, 0.05) is 24.2 Å². The van der Waals surface area contributed by atoms with Gasteiger partial charge in [-0.05, 0) is 44.4 Å². The normalized spacial score (nSPS) is 16.0. The van der Waals surface area contributed by atoms with Crippen molar-refractivity contribution in [2.24, 2.45) is 0 Å². The monoisotopic (exact) mass is 327 g/mol. The smallest absolute Gasteiger partial charge is 0.232 e. The second-order valence-electron chi connectivity index (χ2n) is 6.30. The maximum Gasteiger partial charge on any atom is 0.232 e. The molecule has 2 aromatic rings. The second-order valence-corrected chi connectivity index (χ2v) is 6.30. The van der Waals surface area contributed by atoms with Crippen LogP contribution in [0.25, 0.3) is 0 Å². The molecule has 3 rings (SSSR count). The molecule has 0 saturated heterocycles. The summed E-state index contributed by atoms with van der Waals surface area (Å²) in [5.41, 5.74) is 5.57. The summed E-state index contributed by atoms with van der Waals surface area (Å²) in [6.07, 6.45) is 0.130. The molecule has 126 valence electrons. The molecule has 6 nitrogen and oxygen atoms in total. The van der Waals surface area contributed by atoms with Crippen LogP contribution in [0.15, 0.2) is 16.7 Å². The topological polar surface area (TPSA) is 84.2 Å². The molecule has 2 amide bonds. The molecule has 1 unspecified atom stereocenters. The molecule has 0 aliphatic carbocycles. The Labute approximate surface area is 140 Å². The molecule has 0 radical (unpaired) electrons. The van der Waals surface area contributed by atoms with Gasteiger partial charge in [-0.15, -0.1) is 0 Å². The van der Waals surface area contributed by atoms with E-state index in [1.807, 2.05) is 39.8 Å². The van der Waals surface area contributed by atoms with Gasteiger partial charge in [-0.1, -0.05) is 17.3 Å². The summed E-state index contributed by atoms with van der Waals surface area (Å²) in [7, 11) is 0. The molecule has 1 aliphatic heterocycles. The summed E-state index contributed by atoms with van der Waals surface area (Å²) < 4.78 is 5.08. The van der Waals surface area contributed by atoms with E-state index in [9.17, 15) is 9.59 Å². The number of fused-ring (bicyclic) bond motifs is 1. The number of carbonyl (C=O) groups is 2. The van der Waals surface area contributed by atoms with Crippen LogP contribution < -0.4 is 10.6 Å². The minimum absolute atomic E-state index is 0.119. The van der Waals surface area contributed by atoms with E-state index in [4.69, 9.17) is 4.52 Å². The highest BCUT2D eigenvalue weighted by atomic mass is 16.5. The molecule has 0 spiro atoms. The van der Waals surface area contributed by atoms with Gasteiger partial charge in [-0.3, -0.25) is 9.59 Å². The summed E-state index contributed by atoms with van der Waals surface area (Å²) in [6, 6.07) is 3.92. The third kappa shape index (κ3) is 2.79. The lowest BCUT2D eigenvalue weighted by Crippen LogP contribution is -2.27. The van der Waals surface area contributed by atoms with Crippen LogP contribution in [-0.2, 0) is 16.1 Å². The molecule has 1 atom stereocenters. The number of aromatic nitrogens is 1. The zero-order chi connectivity index (χ0) is 17.4. The number of carbonyl (C=O) groups excluding carboxylic acids is 2.